The highest BCUT2D eigenvalue weighted by Gasteiger charge is 2.27. The Morgan fingerprint density at radius 1 is 0.500 bits per heavy atom. The maximum atomic E-state index is 7.20. The number of fused-ring (bicyclic) bond motifs is 4. The van der Waals surface area contributed by atoms with E-state index in [9.17, 15) is 0 Å². The molecule has 8 nitrogen and oxygen atoms in total. The lowest BCUT2D eigenvalue weighted by atomic mass is 10.0. The Morgan fingerprint density at radius 3 is 1.54 bits per heavy atom. The van der Waals surface area contributed by atoms with Gasteiger partial charge in [0.1, 0.15) is 45.0 Å². The van der Waals surface area contributed by atoms with Crippen molar-refractivity contribution >= 4 is 111 Å². The first-order valence-corrected chi connectivity index (χ1v) is 30.9. The van der Waals surface area contributed by atoms with Crippen molar-refractivity contribution in [2.45, 2.75) is 157 Å². The molecule has 9 aromatic rings. The molecule has 8 aromatic heterocycles. The molecular weight excluding hydrogens is 981 g/mol. The van der Waals surface area contributed by atoms with Gasteiger partial charge in [0.05, 0.1) is 55.8 Å². The van der Waals surface area contributed by atoms with Crippen LogP contribution in [0.2, 0.25) is 0 Å². The minimum Gasteiger partial charge on any atom is -0.491 e. The van der Waals surface area contributed by atoms with E-state index in [-0.39, 0.29) is 0 Å². The third kappa shape index (κ3) is 11.3. The summed E-state index contributed by atoms with van der Waals surface area (Å²) in [5.74, 6) is 2.77. The van der Waals surface area contributed by atoms with Crippen molar-refractivity contribution in [2.24, 2.45) is 11.8 Å². The van der Waals surface area contributed by atoms with E-state index < -0.39 is 0 Å². The van der Waals surface area contributed by atoms with E-state index >= 15 is 0 Å². The number of pyridine rings is 2. The Labute approximate surface area is 439 Å². The van der Waals surface area contributed by atoms with E-state index in [1.54, 1.807) is 34.0 Å². The highest BCUT2D eigenvalue weighted by Crippen LogP contribution is 2.54. The summed E-state index contributed by atoms with van der Waals surface area (Å²) in [5.41, 5.74) is 8.73. The Bertz CT molecular complexity index is 2840. The van der Waals surface area contributed by atoms with E-state index in [0.29, 0.717) is 25.0 Å². The molecule has 0 aliphatic heterocycles. The summed E-state index contributed by atoms with van der Waals surface area (Å²) >= 11 is 9.66. The zero-order valence-electron chi connectivity index (χ0n) is 41.9. The summed E-state index contributed by atoms with van der Waals surface area (Å²) in [5, 5.41) is 4.45. The van der Waals surface area contributed by atoms with Crippen molar-refractivity contribution in [3.63, 3.8) is 0 Å². The van der Waals surface area contributed by atoms with Gasteiger partial charge in [0.2, 0.25) is 0 Å². The van der Waals surface area contributed by atoms with Gasteiger partial charge in [0.25, 0.3) is 0 Å². The number of ether oxygens (including phenoxy) is 2. The van der Waals surface area contributed by atoms with Crippen molar-refractivity contribution in [3.8, 4) is 53.5 Å². The maximum absolute atomic E-state index is 7.20. The lowest BCUT2D eigenvalue weighted by molar-refractivity contribution is 0.235. The number of thiophene rings is 4. The molecule has 0 N–H and O–H groups in total. The number of hydrogen-bond donors (Lipinski definition) is 0. The van der Waals surface area contributed by atoms with Crippen molar-refractivity contribution in [1.29, 1.82) is 0 Å². The molecule has 9 rings (SSSR count). The van der Waals surface area contributed by atoms with Crippen molar-refractivity contribution in [3.05, 3.63) is 58.5 Å². The molecule has 0 spiro atoms. The van der Waals surface area contributed by atoms with Gasteiger partial charge in [-0.25, -0.2) is 0 Å². The average molecular weight is 1050 g/mol. The number of rotatable bonds is 28. The first-order chi connectivity index (χ1) is 34.5. The zero-order valence-corrected chi connectivity index (χ0v) is 46.8. The Kier molecular flexibility index (Phi) is 18.0. The number of aryl methyl sites for hydroxylation is 2. The summed E-state index contributed by atoms with van der Waals surface area (Å²) in [7, 11) is 0. The van der Waals surface area contributed by atoms with Crippen molar-refractivity contribution in [2.75, 3.05) is 13.2 Å². The zero-order chi connectivity index (χ0) is 48.4. The van der Waals surface area contributed by atoms with E-state index in [2.05, 4.69) is 77.3 Å². The SMILES string of the molecule is CCCCCCc1csc(-c2ncc(-c3cc4c(OCC(CC)CCCC)c5sc(-c6cnc(-c7ccc(CCCCCC)s7)c7nsnc67)cc5c(OCC(CC)CCCC)c4s3)c3nsnc23)c1. The number of unbranched alkanes of at least 4 members (excludes halogenated alkanes) is 8. The van der Waals surface area contributed by atoms with Gasteiger partial charge in [-0.15, -0.1) is 45.3 Å². The summed E-state index contributed by atoms with van der Waals surface area (Å²) < 4.78 is 36.3. The van der Waals surface area contributed by atoms with Crippen molar-refractivity contribution in [1.82, 2.24) is 27.5 Å². The fourth-order valence-corrected chi connectivity index (χ4v) is 14.9. The Morgan fingerprint density at radius 2 is 1.01 bits per heavy atom. The van der Waals surface area contributed by atoms with Gasteiger partial charge < -0.3 is 9.47 Å². The highest BCUT2D eigenvalue weighted by molar-refractivity contribution is 7.25. The van der Waals surface area contributed by atoms with Crippen LogP contribution in [-0.2, 0) is 12.8 Å². The highest BCUT2D eigenvalue weighted by atomic mass is 32.1. The molecule has 370 valence electrons. The molecule has 0 radical (unpaired) electrons. The van der Waals surface area contributed by atoms with Gasteiger partial charge in [-0.05, 0) is 91.6 Å². The van der Waals surface area contributed by atoms with Gasteiger partial charge in [-0.1, -0.05) is 119 Å². The minimum atomic E-state index is 0.459. The van der Waals surface area contributed by atoms with Crippen LogP contribution in [0.25, 0.3) is 84.3 Å². The number of nitrogens with zero attached hydrogens (tertiary/aromatic N) is 6. The maximum Gasteiger partial charge on any atom is 0.146 e. The second-order valence-electron chi connectivity index (χ2n) is 19.0. The fourth-order valence-electron chi connectivity index (χ4n) is 9.47. The quantitative estimate of drug-likeness (QED) is 0.0448. The largest absolute Gasteiger partial charge is 0.491 e. The molecule has 0 bridgehead atoms. The van der Waals surface area contributed by atoms with Crippen LogP contribution in [0, 0.1) is 11.8 Å². The molecule has 2 atom stereocenters. The lowest BCUT2D eigenvalue weighted by Crippen LogP contribution is -2.12. The normalized spacial score (nSPS) is 12.9. The molecule has 8 heterocycles. The van der Waals surface area contributed by atoms with E-state index in [0.717, 1.165) is 134 Å². The number of benzene rings is 1. The second kappa shape index (κ2) is 24.7. The van der Waals surface area contributed by atoms with Crippen LogP contribution in [0.1, 0.15) is 155 Å². The number of aromatic nitrogens is 6. The molecule has 0 aliphatic rings. The van der Waals surface area contributed by atoms with Crippen LogP contribution in [-0.4, -0.2) is 40.7 Å². The van der Waals surface area contributed by atoms with Crippen LogP contribution in [0.3, 0.4) is 0 Å². The minimum absolute atomic E-state index is 0.459. The standard InChI is InChI=1S/C56H68N6O2S6/c1-7-13-17-19-23-37-27-46(65-34-37)50-52-48(60-70-62-52)42(31-58-50)45-29-40-54(64-33-36(12-6)22-16-10-4)55-39(53(56(40)68-45)63-32-35(11-5)21-15-9-3)28-44(67-55)41-30-57-49(51-47(41)59-69-61-51)43-26-25-38(66-43)24-20-18-14-8-2/h25-31,34-36H,7-24,32-33H2,1-6H3. The third-order valence-corrected chi connectivity index (χ3v) is 19.4. The molecule has 0 saturated carbocycles. The monoisotopic (exact) mass is 1050 g/mol. The first kappa shape index (κ1) is 51.0. The summed E-state index contributed by atoms with van der Waals surface area (Å²) in [6.07, 6.45) is 25.5. The summed E-state index contributed by atoms with van der Waals surface area (Å²) in [4.78, 5) is 16.2. The molecule has 0 aliphatic carbocycles. The predicted octanol–water partition coefficient (Wildman–Crippen LogP) is 19.1. The predicted molar refractivity (Wildman–Crippen MR) is 306 cm³/mol. The van der Waals surface area contributed by atoms with Crippen LogP contribution in [0.4, 0.5) is 0 Å². The van der Waals surface area contributed by atoms with Gasteiger partial charge in [-0.3, -0.25) is 9.97 Å². The van der Waals surface area contributed by atoms with Gasteiger partial charge in [0.15, 0.2) is 0 Å². The van der Waals surface area contributed by atoms with Crippen molar-refractivity contribution < 1.29 is 9.47 Å². The molecule has 1 aromatic carbocycles. The molecule has 14 heteroatoms. The van der Waals surface area contributed by atoms with Gasteiger partial charge in [0, 0.05) is 48.9 Å². The van der Waals surface area contributed by atoms with Crippen LogP contribution >= 0.6 is 68.8 Å². The third-order valence-electron chi connectivity index (χ3n) is 13.9. The number of hydrogen-bond acceptors (Lipinski definition) is 14. The topological polar surface area (TPSA) is 95.8 Å². The molecule has 0 amide bonds. The Balaban J connectivity index is 1.16. The summed E-state index contributed by atoms with van der Waals surface area (Å²) in [6.45, 7) is 15.0. The summed E-state index contributed by atoms with van der Waals surface area (Å²) in [6, 6.07) is 11.4. The van der Waals surface area contributed by atoms with Gasteiger partial charge >= 0.3 is 0 Å². The van der Waals surface area contributed by atoms with E-state index in [1.165, 1.54) is 111 Å². The second-order valence-corrected chi connectivity index (χ2v) is 24.2. The molecule has 70 heavy (non-hydrogen) atoms. The first-order valence-electron chi connectivity index (χ1n) is 26.1. The smallest absolute Gasteiger partial charge is 0.146 e. The molecular formula is C56H68N6O2S6. The van der Waals surface area contributed by atoms with Crippen LogP contribution in [0.5, 0.6) is 11.5 Å². The van der Waals surface area contributed by atoms with E-state index in [4.69, 9.17) is 36.9 Å². The average Bonchev–Trinajstić information content (AvgIpc) is 4.25. The van der Waals surface area contributed by atoms with Gasteiger partial charge in [-0.2, -0.15) is 17.5 Å². The van der Waals surface area contributed by atoms with Crippen LogP contribution < -0.4 is 9.47 Å². The fraction of sp³-hybridized carbons (Fsp3) is 0.500. The van der Waals surface area contributed by atoms with Crippen LogP contribution in [0.15, 0.2) is 48.1 Å². The molecule has 2 unspecified atom stereocenters. The molecule has 0 saturated heterocycles. The Hall–Kier alpha value is -3.92. The lowest BCUT2D eigenvalue weighted by Gasteiger charge is -2.19. The van der Waals surface area contributed by atoms with E-state index in [1.807, 2.05) is 23.7 Å². The molecule has 0 fully saturated rings.